The Hall–Kier alpha value is -3.78. The van der Waals surface area contributed by atoms with Crippen LogP contribution in [0.1, 0.15) is 16.2 Å². The molecule has 1 fully saturated rings. The first kappa shape index (κ1) is 21.1. The highest BCUT2D eigenvalue weighted by Gasteiger charge is 2.17. The number of piperazine rings is 1. The molecule has 0 radical (unpaired) electrons. The molecule has 8 heteroatoms. The number of hydrogen-bond acceptors (Lipinski definition) is 6. The zero-order valence-electron chi connectivity index (χ0n) is 19.1. The Labute approximate surface area is 192 Å². The van der Waals surface area contributed by atoms with Crippen molar-refractivity contribution in [2.75, 3.05) is 43.4 Å². The van der Waals surface area contributed by atoms with E-state index in [1.807, 2.05) is 38.4 Å². The number of benzene rings is 1. The number of rotatable bonds is 4. The van der Waals surface area contributed by atoms with Gasteiger partial charge < -0.3 is 19.7 Å². The van der Waals surface area contributed by atoms with Crippen molar-refractivity contribution in [3.05, 3.63) is 66.4 Å². The van der Waals surface area contributed by atoms with Crippen molar-refractivity contribution in [1.29, 1.82) is 0 Å². The highest BCUT2D eigenvalue weighted by Crippen LogP contribution is 2.26. The van der Waals surface area contributed by atoms with Crippen LogP contribution in [0.3, 0.4) is 0 Å². The summed E-state index contributed by atoms with van der Waals surface area (Å²) in [6.07, 6.45) is 5.35. The minimum absolute atomic E-state index is 0.196. The van der Waals surface area contributed by atoms with Gasteiger partial charge in [0.15, 0.2) is 0 Å². The van der Waals surface area contributed by atoms with Gasteiger partial charge in [-0.3, -0.25) is 4.79 Å². The predicted molar refractivity (Wildman–Crippen MR) is 131 cm³/mol. The molecule has 0 bridgehead atoms. The first-order valence-corrected chi connectivity index (χ1v) is 11.1. The van der Waals surface area contributed by atoms with Crippen molar-refractivity contribution < 1.29 is 4.79 Å². The molecule has 1 aromatic carbocycles. The lowest BCUT2D eigenvalue weighted by Gasteiger charge is -2.33. The van der Waals surface area contributed by atoms with Gasteiger partial charge in [-0.25, -0.2) is 15.0 Å². The summed E-state index contributed by atoms with van der Waals surface area (Å²) in [4.78, 5) is 30.8. The van der Waals surface area contributed by atoms with Gasteiger partial charge in [0.25, 0.3) is 5.91 Å². The fourth-order valence-corrected chi connectivity index (χ4v) is 4.10. The third-order valence-corrected chi connectivity index (χ3v) is 6.31. The Bertz CT molecular complexity index is 1320. The molecule has 0 aliphatic carbocycles. The van der Waals surface area contributed by atoms with Crippen LogP contribution < -0.4 is 10.2 Å². The van der Waals surface area contributed by atoms with Crippen molar-refractivity contribution in [3.8, 4) is 11.3 Å². The Morgan fingerprint density at radius 2 is 1.73 bits per heavy atom. The average Bonchev–Trinajstić information content (AvgIpc) is 3.17. The molecule has 3 aromatic heterocycles. The van der Waals surface area contributed by atoms with E-state index in [-0.39, 0.29) is 5.91 Å². The molecule has 8 nitrogen and oxygen atoms in total. The van der Waals surface area contributed by atoms with Crippen LogP contribution >= 0.6 is 0 Å². The number of carbonyl (C=O) groups is 1. The second-order valence-corrected chi connectivity index (χ2v) is 8.53. The second-order valence-electron chi connectivity index (χ2n) is 8.53. The number of nitrogens with zero attached hydrogens (tertiary/aromatic N) is 6. The summed E-state index contributed by atoms with van der Waals surface area (Å²) in [6, 6.07) is 11.7. The normalized spacial score (nSPS) is 14.6. The van der Waals surface area contributed by atoms with Crippen LogP contribution in [0.25, 0.3) is 22.0 Å². The average molecular weight is 442 g/mol. The van der Waals surface area contributed by atoms with Crippen LogP contribution in [0.5, 0.6) is 0 Å². The molecular weight excluding hydrogens is 414 g/mol. The van der Waals surface area contributed by atoms with Gasteiger partial charge in [0, 0.05) is 62.1 Å². The third-order valence-electron chi connectivity index (χ3n) is 6.31. The van der Waals surface area contributed by atoms with Gasteiger partial charge in [-0.1, -0.05) is 12.1 Å². The maximum Gasteiger partial charge on any atom is 0.257 e. The number of anilines is 2. The molecule has 0 atom stereocenters. The summed E-state index contributed by atoms with van der Waals surface area (Å²) >= 11 is 0. The molecule has 1 saturated heterocycles. The lowest BCUT2D eigenvalue weighted by atomic mass is 10.1. The third kappa shape index (κ3) is 4.29. The minimum Gasteiger partial charge on any atom is -0.354 e. The van der Waals surface area contributed by atoms with Gasteiger partial charge in [0.1, 0.15) is 17.5 Å². The van der Waals surface area contributed by atoms with Crippen molar-refractivity contribution >= 4 is 28.3 Å². The summed E-state index contributed by atoms with van der Waals surface area (Å²) in [5, 5.41) is 4.96. The second kappa shape index (κ2) is 8.63. The smallest absolute Gasteiger partial charge is 0.257 e. The van der Waals surface area contributed by atoms with Crippen molar-refractivity contribution in [3.63, 3.8) is 0 Å². The van der Waals surface area contributed by atoms with Gasteiger partial charge in [0.2, 0.25) is 0 Å². The number of likely N-dealkylation sites (N-methyl/N-ethyl adjacent to an activating group) is 1. The zero-order chi connectivity index (χ0) is 22.9. The highest BCUT2D eigenvalue weighted by molar-refractivity contribution is 6.05. The lowest BCUT2D eigenvalue weighted by molar-refractivity contribution is 0.102. The van der Waals surface area contributed by atoms with Crippen LogP contribution in [0.2, 0.25) is 0 Å². The number of amides is 1. The van der Waals surface area contributed by atoms with Crippen LogP contribution in [-0.4, -0.2) is 63.6 Å². The quantitative estimate of drug-likeness (QED) is 0.523. The van der Waals surface area contributed by atoms with E-state index < -0.39 is 0 Å². The molecule has 168 valence electrons. The van der Waals surface area contributed by atoms with Crippen molar-refractivity contribution in [1.82, 2.24) is 24.4 Å². The molecule has 4 aromatic rings. The Morgan fingerprint density at radius 3 is 2.48 bits per heavy atom. The Morgan fingerprint density at radius 1 is 0.909 bits per heavy atom. The summed E-state index contributed by atoms with van der Waals surface area (Å²) in [6.45, 7) is 5.76. The molecule has 0 saturated carbocycles. The summed E-state index contributed by atoms with van der Waals surface area (Å²) < 4.78 is 2.06. The lowest BCUT2D eigenvalue weighted by Crippen LogP contribution is -2.44. The topological polar surface area (TPSA) is 79.2 Å². The van der Waals surface area contributed by atoms with Gasteiger partial charge in [0.05, 0.1) is 11.9 Å². The summed E-state index contributed by atoms with van der Waals surface area (Å²) in [7, 11) is 4.12. The van der Waals surface area contributed by atoms with Crippen LogP contribution in [0, 0.1) is 6.92 Å². The van der Waals surface area contributed by atoms with Gasteiger partial charge in [-0.2, -0.15) is 0 Å². The SMILES string of the molecule is Cc1ncc(-c2ccc3cnc(NC(=O)c4ccnc(N5CCN(C)CC5)c4)cc3c2)n1C. The number of fused-ring (bicyclic) bond motifs is 1. The number of imidazole rings is 1. The predicted octanol–water partition coefficient (Wildman–Crippen LogP) is 3.34. The van der Waals surface area contributed by atoms with Crippen molar-refractivity contribution in [2.45, 2.75) is 6.92 Å². The van der Waals surface area contributed by atoms with E-state index in [9.17, 15) is 4.79 Å². The van der Waals surface area contributed by atoms with Crippen LogP contribution in [0.4, 0.5) is 11.6 Å². The Balaban J connectivity index is 1.37. The largest absolute Gasteiger partial charge is 0.354 e. The number of carbonyl (C=O) groups excluding carboxylic acids is 1. The van der Waals surface area contributed by atoms with Gasteiger partial charge >= 0.3 is 0 Å². The van der Waals surface area contributed by atoms with Gasteiger partial charge in [-0.15, -0.1) is 0 Å². The van der Waals surface area contributed by atoms with Crippen LogP contribution in [0.15, 0.2) is 55.0 Å². The molecule has 0 unspecified atom stereocenters. The van der Waals surface area contributed by atoms with E-state index in [4.69, 9.17) is 0 Å². The molecule has 0 spiro atoms. The maximum absolute atomic E-state index is 13.0. The fourth-order valence-electron chi connectivity index (χ4n) is 4.10. The molecule has 1 N–H and O–H groups in total. The standard InChI is InChI=1S/C25H27N7O/c1-17-27-16-22(31(17)3)18-4-5-20-15-28-23(13-21(20)12-18)29-25(33)19-6-7-26-24(14-19)32-10-8-30(2)9-11-32/h4-7,12-16H,8-11H2,1-3H3,(H,28,29,33). The van der Waals surface area contributed by atoms with Crippen LogP contribution in [-0.2, 0) is 7.05 Å². The number of hydrogen-bond donors (Lipinski definition) is 1. The fraction of sp³-hybridized carbons (Fsp3) is 0.280. The molecular formula is C25H27N7O. The Kier molecular flexibility index (Phi) is 5.51. The highest BCUT2D eigenvalue weighted by atomic mass is 16.1. The molecule has 4 heterocycles. The molecule has 1 amide bonds. The maximum atomic E-state index is 13.0. The number of nitrogens with one attached hydrogen (secondary N) is 1. The van der Waals surface area contributed by atoms with Crippen molar-refractivity contribution in [2.24, 2.45) is 7.05 Å². The molecule has 1 aliphatic rings. The number of aromatic nitrogens is 4. The van der Waals surface area contributed by atoms with E-state index in [1.165, 1.54) is 0 Å². The molecule has 33 heavy (non-hydrogen) atoms. The monoisotopic (exact) mass is 441 g/mol. The number of pyridine rings is 2. The summed E-state index contributed by atoms with van der Waals surface area (Å²) in [5.41, 5.74) is 2.69. The van der Waals surface area contributed by atoms with E-state index >= 15 is 0 Å². The molecule has 1 aliphatic heterocycles. The van der Waals surface area contributed by atoms with E-state index in [0.717, 1.165) is 59.9 Å². The van der Waals surface area contributed by atoms with E-state index in [2.05, 4.69) is 53.8 Å². The minimum atomic E-state index is -0.196. The first-order valence-electron chi connectivity index (χ1n) is 11.1. The number of aryl methyl sites for hydroxylation is 1. The zero-order valence-corrected chi connectivity index (χ0v) is 19.1. The molecule has 5 rings (SSSR count). The van der Waals surface area contributed by atoms with Gasteiger partial charge in [-0.05, 0) is 43.6 Å². The van der Waals surface area contributed by atoms with E-state index in [0.29, 0.717) is 11.4 Å². The summed E-state index contributed by atoms with van der Waals surface area (Å²) in [5.74, 6) is 2.11. The van der Waals surface area contributed by atoms with E-state index in [1.54, 1.807) is 18.5 Å². The first-order chi connectivity index (χ1) is 16.0.